The molecule has 0 spiro atoms. The summed E-state index contributed by atoms with van der Waals surface area (Å²) < 4.78 is 68.5. The van der Waals surface area contributed by atoms with Crippen molar-refractivity contribution in [2.45, 2.75) is 413 Å². The largest absolute Gasteiger partial charge is 0.472 e. The number of unbranched alkanes of at least 4 members (excludes halogenated alkanes) is 45. The van der Waals surface area contributed by atoms with E-state index in [1.165, 1.54) is 205 Å². The lowest BCUT2D eigenvalue weighted by Crippen LogP contribution is -2.30. The van der Waals surface area contributed by atoms with E-state index < -0.39 is 97.5 Å². The monoisotopic (exact) mass is 1400 g/mol. The lowest BCUT2D eigenvalue weighted by molar-refractivity contribution is -0.161. The molecular formula is C76H148O17P2. The number of aliphatic hydroxyl groups excluding tert-OH is 1. The summed E-state index contributed by atoms with van der Waals surface area (Å²) in [6, 6.07) is 0. The Morgan fingerprint density at radius 2 is 0.484 bits per heavy atom. The van der Waals surface area contributed by atoms with Gasteiger partial charge in [-0.05, 0) is 37.5 Å². The summed E-state index contributed by atoms with van der Waals surface area (Å²) in [5.74, 6) is -0.722. The zero-order valence-electron chi connectivity index (χ0n) is 62.0. The van der Waals surface area contributed by atoms with Gasteiger partial charge < -0.3 is 33.8 Å². The average Bonchev–Trinajstić information content (AvgIpc) is 1.60. The van der Waals surface area contributed by atoms with E-state index in [0.717, 1.165) is 102 Å². The van der Waals surface area contributed by atoms with Crippen molar-refractivity contribution in [2.24, 2.45) is 11.8 Å². The fraction of sp³-hybridized carbons (Fsp3) is 0.947. The first-order chi connectivity index (χ1) is 45.9. The minimum atomic E-state index is -4.96. The van der Waals surface area contributed by atoms with Crippen LogP contribution in [0.4, 0.5) is 0 Å². The van der Waals surface area contributed by atoms with E-state index in [9.17, 15) is 43.2 Å². The summed E-state index contributed by atoms with van der Waals surface area (Å²) >= 11 is 0. The number of hydrogen-bond donors (Lipinski definition) is 3. The van der Waals surface area contributed by atoms with Crippen LogP contribution in [0.1, 0.15) is 395 Å². The highest BCUT2D eigenvalue weighted by atomic mass is 31.2. The van der Waals surface area contributed by atoms with Gasteiger partial charge in [0.05, 0.1) is 26.4 Å². The lowest BCUT2D eigenvalue weighted by Gasteiger charge is -2.21. The molecule has 0 rings (SSSR count). The molecule has 0 fully saturated rings. The molecule has 2 unspecified atom stereocenters. The van der Waals surface area contributed by atoms with Crippen LogP contribution in [0.2, 0.25) is 0 Å². The topological polar surface area (TPSA) is 237 Å². The number of esters is 4. The van der Waals surface area contributed by atoms with E-state index in [1.807, 2.05) is 0 Å². The fourth-order valence-corrected chi connectivity index (χ4v) is 13.2. The Morgan fingerprint density at radius 1 is 0.284 bits per heavy atom. The van der Waals surface area contributed by atoms with Gasteiger partial charge in [0.1, 0.15) is 19.3 Å². The highest BCUT2D eigenvalue weighted by molar-refractivity contribution is 7.47. The second kappa shape index (κ2) is 67.9. The Bertz CT molecular complexity index is 1840. The maximum atomic E-state index is 13.1. The normalized spacial score (nSPS) is 14.0. The van der Waals surface area contributed by atoms with Crippen LogP contribution < -0.4 is 0 Å². The van der Waals surface area contributed by atoms with E-state index in [2.05, 4.69) is 41.5 Å². The van der Waals surface area contributed by atoms with Crippen LogP contribution >= 0.6 is 15.6 Å². The predicted molar refractivity (Wildman–Crippen MR) is 386 cm³/mol. The average molecular weight is 1400 g/mol. The van der Waals surface area contributed by atoms with Crippen molar-refractivity contribution >= 4 is 39.5 Å². The highest BCUT2D eigenvalue weighted by Crippen LogP contribution is 2.45. The molecule has 0 aliphatic rings. The Balaban J connectivity index is 5.20. The third kappa shape index (κ3) is 70.3. The first-order valence-electron chi connectivity index (χ1n) is 39.5. The van der Waals surface area contributed by atoms with Gasteiger partial charge in [0, 0.05) is 25.7 Å². The number of phosphoric ester groups is 2. The van der Waals surface area contributed by atoms with Gasteiger partial charge in [-0.2, -0.15) is 0 Å². The van der Waals surface area contributed by atoms with Crippen LogP contribution in [0.5, 0.6) is 0 Å². The molecule has 0 aliphatic heterocycles. The molecular weight excluding hydrogens is 1250 g/mol. The lowest BCUT2D eigenvalue weighted by atomic mass is 10.0. The number of rotatable bonds is 75. The van der Waals surface area contributed by atoms with E-state index >= 15 is 0 Å². The Kier molecular flexibility index (Phi) is 66.5. The van der Waals surface area contributed by atoms with E-state index in [1.54, 1.807) is 0 Å². The van der Waals surface area contributed by atoms with Crippen molar-refractivity contribution in [3.63, 3.8) is 0 Å². The second-order valence-corrected chi connectivity index (χ2v) is 31.3. The molecule has 0 aliphatic carbocycles. The van der Waals surface area contributed by atoms with Crippen LogP contribution in [0.15, 0.2) is 0 Å². The summed E-state index contributed by atoms with van der Waals surface area (Å²) in [4.78, 5) is 72.7. The SMILES string of the molecule is CCCCCCCCCCCCCCCCCCCCCCC(=O)O[C@H](COC(=O)CCCCCCCCCCCCCCCCC)COP(=O)(O)OC[C@@H](O)COP(=O)(O)OC[C@@H](COC(=O)CCCCCCCCC(C)C)OC(=O)CCCCCCCCCCC(C)C. The van der Waals surface area contributed by atoms with Crippen molar-refractivity contribution < 1.29 is 80.2 Å². The third-order valence-corrected chi connectivity index (χ3v) is 19.6. The van der Waals surface area contributed by atoms with Crippen molar-refractivity contribution in [1.82, 2.24) is 0 Å². The molecule has 564 valence electrons. The minimum Gasteiger partial charge on any atom is -0.462 e. The van der Waals surface area contributed by atoms with E-state index in [4.69, 9.17) is 37.0 Å². The molecule has 0 aromatic heterocycles. The van der Waals surface area contributed by atoms with Crippen molar-refractivity contribution in [3.05, 3.63) is 0 Å². The quantitative estimate of drug-likeness (QED) is 0.0222. The molecule has 0 heterocycles. The van der Waals surface area contributed by atoms with Crippen LogP contribution in [0, 0.1) is 11.8 Å². The molecule has 0 saturated carbocycles. The molecule has 0 bridgehead atoms. The van der Waals surface area contributed by atoms with E-state index in [0.29, 0.717) is 31.6 Å². The van der Waals surface area contributed by atoms with Gasteiger partial charge in [0.25, 0.3) is 0 Å². The zero-order valence-corrected chi connectivity index (χ0v) is 63.8. The maximum absolute atomic E-state index is 13.1. The number of aliphatic hydroxyl groups is 1. The summed E-state index contributed by atoms with van der Waals surface area (Å²) in [5, 5.41) is 10.6. The van der Waals surface area contributed by atoms with Crippen LogP contribution in [0.3, 0.4) is 0 Å². The molecule has 3 N–H and O–H groups in total. The molecule has 19 heteroatoms. The number of carbonyl (C=O) groups is 4. The molecule has 17 nitrogen and oxygen atoms in total. The Labute approximate surface area is 581 Å². The molecule has 0 amide bonds. The summed E-state index contributed by atoms with van der Waals surface area (Å²) in [5.41, 5.74) is 0. The smallest absolute Gasteiger partial charge is 0.462 e. The number of carbonyl (C=O) groups excluding carboxylic acids is 4. The van der Waals surface area contributed by atoms with Gasteiger partial charge in [-0.15, -0.1) is 0 Å². The predicted octanol–water partition coefficient (Wildman–Crippen LogP) is 22.3. The van der Waals surface area contributed by atoms with Crippen molar-refractivity contribution in [3.8, 4) is 0 Å². The minimum absolute atomic E-state index is 0.104. The maximum Gasteiger partial charge on any atom is 0.472 e. The standard InChI is InChI=1S/C76H148O17P2/c1-7-9-11-13-15-17-19-21-23-24-25-26-27-29-31-33-35-40-48-54-60-75(80)92-71(64-86-73(78)58-52-46-39-34-32-30-28-22-20-18-16-14-12-10-8-2)66-90-94(82,83)88-62-70(77)63-89-95(84,85)91-67-72(65-87-74(79)59-53-47-43-42-45-51-57-69(5)6)93-76(81)61-55-49-41-37-36-38-44-50-56-68(3)4/h68-72,77H,7-67H2,1-6H3,(H,82,83)(H,84,85)/t70-,71-,72-/m1/s1. The van der Waals surface area contributed by atoms with Gasteiger partial charge in [-0.3, -0.25) is 37.3 Å². The number of phosphoric acid groups is 2. The van der Waals surface area contributed by atoms with E-state index in [-0.39, 0.29) is 25.7 Å². The summed E-state index contributed by atoms with van der Waals surface area (Å²) in [6.45, 7) is 9.47. The third-order valence-electron chi connectivity index (χ3n) is 17.7. The van der Waals surface area contributed by atoms with Crippen molar-refractivity contribution in [2.75, 3.05) is 39.6 Å². The second-order valence-electron chi connectivity index (χ2n) is 28.3. The summed E-state index contributed by atoms with van der Waals surface area (Å²) in [7, 11) is -9.91. The van der Waals surface area contributed by atoms with Gasteiger partial charge in [-0.25, -0.2) is 9.13 Å². The molecule has 0 aromatic carbocycles. The summed E-state index contributed by atoms with van der Waals surface area (Å²) in [6.07, 6.45) is 55.8. The van der Waals surface area contributed by atoms with Gasteiger partial charge >= 0.3 is 39.5 Å². The van der Waals surface area contributed by atoms with Gasteiger partial charge in [-0.1, -0.05) is 343 Å². The van der Waals surface area contributed by atoms with Crippen LogP contribution in [-0.2, 0) is 65.4 Å². The number of hydrogen-bond acceptors (Lipinski definition) is 15. The Hall–Kier alpha value is -1.94. The first-order valence-corrected chi connectivity index (χ1v) is 42.5. The van der Waals surface area contributed by atoms with Gasteiger partial charge in [0.15, 0.2) is 12.2 Å². The molecule has 0 radical (unpaired) electrons. The van der Waals surface area contributed by atoms with Crippen LogP contribution in [0.25, 0.3) is 0 Å². The first kappa shape index (κ1) is 93.1. The fourth-order valence-electron chi connectivity index (χ4n) is 11.7. The van der Waals surface area contributed by atoms with Crippen LogP contribution in [-0.4, -0.2) is 96.7 Å². The molecule has 5 atom stereocenters. The molecule has 0 aromatic rings. The Morgan fingerprint density at radius 3 is 0.716 bits per heavy atom. The zero-order chi connectivity index (χ0) is 70.0. The van der Waals surface area contributed by atoms with Gasteiger partial charge in [0.2, 0.25) is 0 Å². The molecule has 95 heavy (non-hydrogen) atoms. The molecule has 0 saturated heterocycles. The highest BCUT2D eigenvalue weighted by Gasteiger charge is 2.30. The number of ether oxygens (including phenoxy) is 4. The van der Waals surface area contributed by atoms with Crippen molar-refractivity contribution in [1.29, 1.82) is 0 Å².